The number of nitrogens with zero attached hydrogens (tertiary/aromatic N) is 3. The SMILES string of the molecule is Cc1cn(-c2cccc(N3CC(C(=O)NCCN(C)C)C3)c2)c2ccc(C(F)(F)F)cc12. The molecule has 3 aromatic rings. The summed E-state index contributed by atoms with van der Waals surface area (Å²) in [6.07, 6.45) is -2.50. The summed E-state index contributed by atoms with van der Waals surface area (Å²) >= 11 is 0. The monoisotopic (exact) mass is 444 g/mol. The first-order valence-corrected chi connectivity index (χ1v) is 10.6. The van der Waals surface area contributed by atoms with Crippen LogP contribution in [0.2, 0.25) is 0 Å². The molecular weight excluding hydrogens is 417 g/mol. The van der Waals surface area contributed by atoms with Gasteiger partial charge in [0.15, 0.2) is 0 Å². The normalized spacial score (nSPS) is 14.8. The number of nitrogens with one attached hydrogen (secondary N) is 1. The molecule has 0 saturated carbocycles. The molecule has 2 heterocycles. The second kappa shape index (κ2) is 8.50. The summed E-state index contributed by atoms with van der Waals surface area (Å²) in [6.45, 7) is 4.56. The Morgan fingerprint density at radius 3 is 2.53 bits per heavy atom. The van der Waals surface area contributed by atoms with Crippen LogP contribution in [0.5, 0.6) is 0 Å². The standard InChI is InChI=1S/C24H27F3N4O/c1-16-13-31(22-8-7-18(11-21(16)22)24(25,26)27)20-6-4-5-19(12-20)30-14-17(15-30)23(32)28-9-10-29(2)3/h4-8,11-13,17H,9-10,14-15H2,1-3H3,(H,28,32). The summed E-state index contributed by atoms with van der Waals surface area (Å²) in [7, 11) is 3.93. The second-order valence-electron chi connectivity index (χ2n) is 8.63. The number of halogens is 3. The Balaban J connectivity index is 1.50. The molecule has 0 aliphatic carbocycles. The lowest BCUT2D eigenvalue weighted by molar-refractivity contribution is -0.137. The van der Waals surface area contributed by atoms with Crippen molar-refractivity contribution in [3.05, 3.63) is 59.8 Å². The average Bonchev–Trinajstić information content (AvgIpc) is 3.02. The summed E-state index contributed by atoms with van der Waals surface area (Å²) in [5.41, 5.74) is 2.74. The Labute approximate surface area is 185 Å². The van der Waals surface area contributed by atoms with Crippen molar-refractivity contribution in [3.63, 3.8) is 0 Å². The number of benzene rings is 2. The lowest BCUT2D eigenvalue weighted by Gasteiger charge is -2.40. The van der Waals surface area contributed by atoms with Crippen LogP contribution in [0.25, 0.3) is 16.6 Å². The highest BCUT2D eigenvalue weighted by Crippen LogP contribution is 2.34. The Morgan fingerprint density at radius 1 is 1.12 bits per heavy atom. The fourth-order valence-electron chi connectivity index (χ4n) is 4.03. The van der Waals surface area contributed by atoms with Gasteiger partial charge >= 0.3 is 6.18 Å². The summed E-state index contributed by atoms with van der Waals surface area (Å²) in [5.74, 6) is 0.0445. The minimum absolute atomic E-state index is 0.0312. The van der Waals surface area contributed by atoms with Crippen molar-refractivity contribution >= 4 is 22.5 Å². The average molecular weight is 445 g/mol. The molecule has 0 atom stereocenters. The highest BCUT2D eigenvalue weighted by molar-refractivity contribution is 5.86. The molecule has 1 saturated heterocycles. The molecular formula is C24H27F3N4O. The quantitative estimate of drug-likeness (QED) is 0.623. The van der Waals surface area contributed by atoms with Crippen molar-refractivity contribution < 1.29 is 18.0 Å². The molecule has 1 aromatic heterocycles. The zero-order chi connectivity index (χ0) is 23.0. The lowest BCUT2D eigenvalue weighted by atomic mass is 9.98. The number of hydrogen-bond acceptors (Lipinski definition) is 3. The number of likely N-dealkylation sites (N-methyl/N-ethyl adjacent to an activating group) is 1. The third-order valence-corrected chi connectivity index (χ3v) is 5.91. The molecule has 0 radical (unpaired) electrons. The van der Waals surface area contributed by atoms with Crippen LogP contribution in [-0.4, -0.2) is 55.6 Å². The third-order valence-electron chi connectivity index (χ3n) is 5.91. The van der Waals surface area contributed by atoms with E-state index in [-0.39, 0.29) is 11.8 Å². The maximum Gasteiger partial charge on any atom is 0.416 e. The number of carbonyl (C=O) groups excluding carboxylic acids is 1. The summed E-state index contributed by atoms with van der Waals surface area (Å²) in [6, 6.07) is 11.7. The van der Waals surface area contributed by atoms with E-state index in [0.29, 0.717) is 25.0 Å². The van der Waals surface area contributed by atoms with E-state index in [2.05, 4.69) is 10.2 Å². The van der Waals surface area contributed by atoms with Gasteiger partial charge in [0.2, 0.25) is 5.91 Å². The van der Waals surface area contributed by atoms with Crippen LogP contribution in [0.4, 0.5) is 18.9 Å². The molecule has 170 valence electrons. The van der Waals surface area contributed by atoms with E-state index in [1.807, 2.05) is 60.9 Å². The van der Waals surface area contributed by atoms with Crippen LogP contribution >= 0.6 is 0 Å². The summed E-state index contributed by atoms with van der Waals surface area (Å²) in [5, 5.41) is 3.56. The number of amides is 1. The molecule has 1 amide bonds. The molecule has 1 aliphatic heterocycles. The van der Waals surface area contributed by atoms with E-state index >= 15 is 0 Å². The molecule has 4 rings (SSSR count). The van der Waals surface area contributed by atoms with Crippen LogP contribution in [0.15, 0.2) is 48.7 Å². The summed E-state index contributed by atoms with van der Waals surface area (Å²) in [4.78, 5) is 16.4. The van der Waals surface area contributed by atoms with Gasteiger partial charge in [-0.1, -0.05) is 6.07 Å². The van der Waals surface area contributed by atoms with E-state index < -0.39 is 11.7 Å². The van der Waals surface area contributed by atoms with Gasteiger partial charge in [-0.3, -0.25) is 4.79 Å². The number of anilines is 1. The fourth-order valence-corrected chi connectivity index (χ4v) is 4.03. The van der Waals surface area contributed by atoms with Crippen LogP contribution < -0.4 is 10.2 Å². The number of rotatable bonds is 6. The Kier molecular flexibility index (Phi) is 5.90. The molecule has 5 nitrogen and oxygen atoms in total. The van der Waals surface area contributed by atoms with E-state index in [4.69, 9.17) is 0 Å². The number of aromatic nitrogens is 1. The van der Waals surface area contributed by atoms with Gasteiger partial charge in [-0.15, -0.1) is 0 Å². The smallest absolute Gasteiger partial charge is 0.370 e. The number of alkyl halides is 3. The van der Waals surface area contributed by atoms with Gasteiger partial charge in [-0.25, -0.2) is 0 Å². The molecule has 1 N–H and O–H groups in total. The predicted octanol–water partition coefficient (Wildman–Crippen LogP) is 4.07. The zero-order valence-corrected chi connectivity index (χ0v) is 18.4. The lowest BCUT2D eigenvalue weighted by Crippen LogP contribution is -2.54. The van der Waals surface area contributed by atoms with Crippen LogP contribution in [0.3, 0.4) is 0 Å². The minimum Gasteiger partial charge on any atom is -0.370 e. The molecule has 8 heteroatoms. The Hall–Kier alpha value is -3.00. The van der Waals surface area contributed by atoms with Gasteiger partial charge in [0.05, 0.1) is 17.0 Å². The third kappa shape index (κ3) is 4.46. The maximum atomic E-state index is 13.1. The minimum atomic E-state index is -4.37. The molecule has 0 spiro atoms. The number of hydrogen-bond donors (Lipinski definition) is 1. The van der Waals surface area contributed by atoms with E-state index in [0.717, 1.165) is 35.1 Å². The van der Waals surface area contributed by atoms with Crippen LogP contribution in [-0.2, 0) is 11.0 Å². The van der Waals surface area contributed by atoms with Crippen molar-refractivity contribution in [2.75, 3.05) is 45.2 Å². The van der Waals surface area contributed by atoms with Gasteiger partial charge in [-0.05, 0) is 63.0 Å². The van der Waals surface area contributed by atoms with E-state index in [9.17, 15) is 18.0 Å². The fraction of sp³-hybridized carbons (Fsp3) is 0.375. The largest absolute Gasteiger partial charge is 0.416 e. The first kappa shape index (κ1) is 22.2. The number of fused-ring (bicyclic) bond motifs is 1. The van der Waals surface area contributed by atoms with Gasteiger partial charge in [0, 0.05) is 49.1 Å². The topological polar surface area (TPSA) is 40.5 Å². The molecule has 0 unspecified atom stereocenters. The van der Waals surface area contributed by atoms with Crippen molar-refractivity contribution in [1.29, 1.82) is 0 Å². The first-order valence-electron chi connectivity index (χ1n) is 10.6. The Morgan fingerprint density at radius 2 is 1.84 bits per heavy atom. The van der Waals surface area contributed by atoms with Crippen molar-refractivity contribution in [2.24, 2.45) is 5.92 Å². The van der Waals surface area contributed by atoms with Crippen LogP contribution in [0, 0.1) is 12.8 Å². The van der Waals surface area contributed by atoms with Gasteiger partial charge in [-0.2, -0.15) is 13.2 Å². The van der Waals surface area contributed by atoms with Crippen molar-refractivity contribution in [2.45, 2.75) is 13.1 Å². The molecule has 1 fully saturated rings. The van der Waals surface area contributed by atoms with Crippen molar-refractivity contribution in [3.8, 4) is 5.69 Å². The second-order valence-corrected chi connectivity index (χ2v) is 8.63. The molecule has 2 aromatic carbocycles. The van der Waals surface area contributed by atoms with Gasteiger partial charge in [0.25, 0.3) is 0 Å². The predicted molar refractivity (Wildman–Crippen MR) is 120 cm³/mol. The highest BCUT2D eigenvalue weighted by Gasteiger charge is 2.33. The van der Waals surface area contributed by atoms with E-state index in [1.165, 1.54) is 12.1 Å². The number of aryl methyl sites for hydroxylation is 1. The molecule has 0 bridgehead atoms. The highest BCUT2D eigenvalue weighted by atomic mass is 19.4. The van der Waals surface area contributed by atoms with Crippen LogP contribution in [0.1, 0.15) is 11.1 Å². The number of carbonyl (C=O) groups is 1. The maximum absolute atomic E-state index is 13.1. The Bertz CT molecular complexity index is 1130. The van der Waals surface area contributed by atoms with Gasteiger partial charge < -0.3 is 19.7 Å². The zero-order valence-electron chi connectivity index (χ0n) is 18.4. The van der Waals surface area contributed by atoms with Crippen molar-refractivity contribution in [1.82, 2.24) is 14.8 Å². The molecule has 32 heavy (non-hydrogen) atoms. The van der Waals surface area contributed by atoms with Gasteiger partial charge in [0.1, 0.15) is 0 Å². The first-order chi connectivity index (χ1) is 15.1. The molecule has 1 aliphatic rings. The van der Waals surface area contributed by atoms with E-state index in [1.54, 1.807) is 0 Å². The summed E-state index contributed by atoms with van der Waals surface area (Å²) < 4.78 is 41.3.